The molecule has 75 heavy (non-hydrogen) atoms. The number of benzene rings is 7. The van der Waals surface area contributed by atoms with E-state index >= 15 is 0 Å². The molecule has 0 bridgehead atoms. The number of hydrogen-bond acceptors (Lipinski definition) is 1. The first-order valence-electron chi connectivity index (χ1n) is 27.2. The average Bonchev–Trinajstić information content (AvgIpc) is 4.05. The maximum Gasteiger partial charge on any atom is 0.142 e. The molecule has 0 radical (unpaired) electrons. The van der Waals surface area contributed by atoms with Gasteiger partial charge in [0.25, 0.3) is 0 Å². The van der Waals surface area contributed by atoms with Crippen molar-refractivity contribution in [1.29, 1.82) is 0 Å². The van der Waals surface area contributed by atoms with Gasteiger partial charge in [0.1, 0.15) is 11.3 Å². The number of hydrogen-bond donors (Lipinski definition) is 0. The van der Waals surface area contributed by atoms with Crippen molar-refractivity contribution in [3.63, 3.8) is 0 Å². The van der Waals surface area contributed by atoms with Gasteiger partial charge >= 0.3 is 0 Å². The molecule has 1 nitrogen and oxygen atoms in total. The van der Waals surface area contributed by atoms with E-state index in [1.165, 1.54) is 95.3 Å². The quantitative estimate of drug-likeness (QED) is 0.138. The molecule has 8 aromatic rings. The van der Waals surface area contributed by atoms with Crippen LogP contribution in [0.4, 0.5) is 0 Å². The molecule has 0 fully saturated rings. The van der Waals surface area contributed by atoms with Crippen molar-refractivity contribution in [2.45, 2.75) is 85.5 Å². The van der Waals surface area contributed by atoms with Crippen molar-refractivity contribution in [3.05, 3.63) is 304 Å². The summed E-state index contributed by atoms with van der Waals surface area (Å²) in [4.78, 5) is 0. The third-order valence-corrected chi connectivity index (χ3v) is 15.2. The third-order valence-electron chi connectivity index (χ3n) is 15.2. The molecule has 0 saturated carbocycles. The van der Waals surface area contributed by atoms with E-state index in [0.29, 0.717) is 11.8 Å². The molecule has 374 valence electrons. The average molecular weight is 977 g/mol. The molecule has 12 rings (SSSR count). The Balaban J connectivity index is 0.000000137. The maximum atomic E-state index is 6.02. The number of para-hydroxylation sites is 1. The summed E-state index contributed by atoms with van der Waals surface area (Å²) in [6.07, 6.45) is 34.8. The summed E-state index contributed by atoms with van der Waals surface area (Å²) in [5, 5.41) is 1.25. The Kier molecular flexibility index (Phi) is 16.8. The topological polar surface area (TPSA) is 13.1 Å². The Labute approximate surface area is 448 Å². The number of rotatable bonds is 8. The summed E-state index contributed by atoms with van der Waals surface area (Å²) in [6, 6.07) is 59.8. The molecular weight excluding hydrogens is 905 g/mol. The fourth-order valence-electron chi connectivity index (χ4n) is 11.7. The molecule has 2 unspecified atom stereocenters. The van der Waals surface area contributed by atoms with Gasteiger partial charge < -0.3 is 4.42 Å². The van der Waals surface area contributed by atoms with Gasteiger partial charge in [0, 0.05) is 28.3 Å². The molecule has 7 aromatic carbocycles. The lowest BCUT2D eigenvalue weighted by Gasteiger charge is -2.39. The Bertz CT molecular complexity index is 3460. The molecule has 1 heteroatoms. The summed E-state index contributed by atoms with van der Waals surface area (Å²) in [5.74, 6) is 1.85. The van der Waals surface area contributed by atoms with Crippen LogP contribution in [0.1, 0.15) is 114 Å². The molecule has 0 amide bonds. The van der Waals surface area contributed by atoms with Crippen LogP contribution in [0, 0.1) is 26.7 Å². The molecule has 4 aliphatic rings. The zero-order chi connectivity index (χ0) is 52.2. The van der Waals surface area contributed by atoms with Crippen LogP contribution in [0.5, 0.6) is 0 Å². The molecule has 0 aliphatic heterocycles. The summed E-state index contributed by atoms with van der Waals surface area (Å²) in [5.41, 5.74) is 22.4. The molecule has 1 heterocycles. The monoisotopic (exact) mass is 977 g/mol. The SMILES string of the molecule is C/C=C/C=C\C=C/c1cccc2c3c(oc12)C=CCC3.CC.CC1=C(c2ccc(-c3cccc(-c4cccc(C)c4)c3)cc2C)C=CCC1.Cc1cccc2c1C(c1ccccc1)(c1ccccc1)C1C=CC=CC21. The Morgan fingerprint density at radius 3 is 1.89 bits per heavy atom. The lowest BCUT2D eigenvalue weighted by Crippen LogP contribution is -2.35. The second kappa shape index (κ2) is 24.4. The van der Waals surface area contributed by atoms with Gasteiger partial charge in [-0.15, -0.1) is 0 Å². The van der Waals surface area contributed by atoms with Gasteiger partial charge in [-0.1, -0.05) is 262 Å². The smallest absolute Gasteiger partial charge is 0.142 e. The van der Waals surface area contributed by atoms with Gasteiger partial charge in [-0.2, -0.15) is 0 Å². The standard InChI is InChI=1S/C27H26.C26H22.C19H18O.C2H6/c1-19-8-6-10-22(16-19)23-11-7-12-24(18-23)25-14-15-27(21(3)17-25)26-13-5-4-9-20(26)2;1-19-11-10-17-23-22-16-8-9-18-24(22)26(25(19)23,20-12-4-2-5-13-20)21-14-6-3-7-15-21;1-2-3-4-5-6-10-15-11-9-13-17-16-12-7-8-14-18(16)20-19(15)17;1-2/h5-8,10-18H,4,9H2,1-3H3;2-18,22,24H,1H3;2-6,8-11,13-14H,7,12H2,1H3;1-2H3/b;;3-2+,5-4-,10-6-;. The van der Waals surface area contributed by atoms with E-state index in [9.17, 15) is 0 Å². The van der Waals surface area contributed by atoms with E-state index in [4.69, 9.17) is 4.42 Å². The fourth-order valence-corrected chi connectivity index (χ4v) is 11.7. The second-order valence-corrected chi connectivity index (χ2v) is 19.9. The first-order valence-corrected chi connectivity index (χ1v) is 27.2. The van der Waals surface area contributed by atoms with Crippen LogP contribution < -0.4 is 0 Å². The minimum absolute atomic E-state index is 0.144. The van der Waals surface area contributed by atoms with E-state index in [1.54, 1.807) is 0 Å². The summed E-state index contributed by atoms with van der Waals surface area (Å²) in [6.45, 7) is 14.9. The molecule has 2 atom stereocenters. The summed E-state index contributed by atoms with van der Waals surface area (Å²) < 4.78 is 6.02. The molecule has 0 N–H and O–H groups in total. The molecular formula is C74H72O. The lowest BCUT2D eigenvalue weighted by atomic mass is 9.62. The molecule has 0 spiro atoms. The van der Waals surface area contributed by atoms with E-state index in [0.717, 1.165) is 36.2 Å². The van der Waals surface area contributed by atoms with Gasteiger partial charge in [-0.3, -0.25) is 0 Å². The second-order valence-electron chi connectivity index (χ2n) is 19.9. The summed E-state index contributed by atoms with van der Waals surface area (Å²) in [7, 11) is 0. The van der Waals surface area contributed by atoms with Crippen molar-refractivity contribution in [2.75, 3.05) is 0 Å². The van der Waals surface area contributed by atoms with E-state index in [2.05, 4.69) is 246 Å². The van der Waals surface area contributed by atoms with Gasteiger partial charge in [0.05, 0.1) is 5.41 Å². The Morgan fingerprint density at radius 1 is 0.547 bits per heavy atom. The van der Waals surface area contributed by atoms with Crippen LogP contribution in [0.2, 0.25) is 0 Å². The third kappa shape index (κ3) is 11.0. The van der Waals surface area contributed by atoms with Gasteiger partial charge in [0.15, 0.2) is 0 Å². The number of allylic oxidation sites excluding steroid dienone is 14. The van der Waals surface area contributed by atoms with Gasteiger partial charge in [-0.05, 0) is 139 Å². The zero-order valence-corrected chi connectivity index (χ0v) is 45.1. The Hall–Kier alpha value is -8.00. The van der Waals surface area contributed by atoms with Crippen molar-refractivity contribution in [3.8, 4) is 22.3 Å². The normalized spacial score (nSPS) is 16.7. The number of aryl methyl sites for hydroxylation is 4. The minimum Gasteiger partial charge on any atom is -0.456 e. The lowest BCUT2D eigenvalue weighted by molar-refractivity contribution is 0.455. The van der Waals surface area contributed by atoms with Crippen LogP contribution in [-0.2, 0) is 11.8 Å². The predicted molar refractivity (Wildman–Crippen MR) is 324 cm³/mol. The molecule has 1 aromatic heterocycles. The van der Waals surface area contributed by atoms with E-state index in [1.807, 2.05) is 51.2 Å². The van der Waals surface area contributed by atoms with Crippen LogP contribution >= 0.6 is 0 Å². The van der Waals surface area contributed by atoms with Crippen LogP contribution in [0.15, 0.2) is 247 Å². The maximum absolute atomic E-state index is 6.02. The van der Waals surface area contributed by atoms with Crippen LogP contribution in [0.3, 0.4) is 0 Å². The van der Waals surface area contributed by atoms with Crippen molar-refractivity contribution in [2.24, 2.45) is 5.92 Å². The largest absolute Gasteiger partial charge is 0.456 e. The van der Waals surface area contributed by atoms with Crippen molar-refractivity contribution in [1.82, 2.24) is 0 Å². The van der Waals surface area contributed by atoms with Gasteiger partial charge in [0.2, 0.25) is 0 Å². The Morgan fingerprint density at radius 2 is 1.19 bits per heavy atom. The van der Waals surface area contributed by atoms with Crippen molar-refractivity contribution < 1.29 is 4.42 Å². The van der Waals surface area contributed by atoms with Crippen LogP contribution in [0.25, 0.3) is 50.9 Å². The van der Waals surface area contributed by atoms with Crippen LogP contribution in [-0.4, -0.2) is 0 Å². The van der Waals surface area contributed by atoms with Crippen molar-refractivity contribution >= 4 is 28.7 Å². The highest BCUT2D eigenvalue weighted by atomic mass is 16.3. The predicted octanol–water partition coefficient (Wildman–Crippen LogP) is 20.5. The molecule has 0 saturated heterocycles. The van der Waals surface area contributed by atoms with Gasteiger partial charge in [-0.25, -0.2) is 0 Å². The first-order chi connectivity index (χ1) is 36.8. The highest BCUT2D eigenvalue weighted by Gasteiger charge is 2.53. The first kappa shape index (κ1) is 51.9. The molecule has 4 aliphatic carbocycles. The summed E-state index contributed by atoms with van der Waals surface area (Å²) >= 11 is 0. The minimum atomic E-state index is -0.144. The number of furan rings is 1. The highest BCUT2D eigenvalue weighted by Crippen LogP contribution is 2.60. The highest BCUT2D eigenvalue weighted by molar-refractivity contribution is 5.91. The number of fused-ring (bicyclic) bond motifs is 6. The van der Waals surface area contributed by atoms with E-state index < -0.39 is 0 Å². The fraction of sp³-hybridized carbons (Fsp3) is 0.189. The zero-order valence-electron chi connectivity index (χ0n) is 45.1. The van der Waals surface area contributed by atoms with E-state index in [-0.39, 0.29) is 5.41 Å².